The van der Waals surface area contributed by atoms with Crippen molar-refractivity contribution >= 4 is 38.5 Å². The van der Waals surface area contributed by atoms with Gasteiger partial charge in [-0.3, -0.25) is 4.79 Å². The normalized spacial score (nSPS) is 10.9. The standard InChI is InChI=1S/C22H22BrNO4/c1-2-3-4-5-7-14-10-15-11-18(22(27)28-20(15)13-19(14)25)21(26)24-17-9-6-8-16(23)12-17/h6,8-13,25H,2-5,7H2,1H3,(H,24,26). The molecule has 146 valence electrons. The molecule has 0 saturated heterocycles. The highest BCUT2D eigenvalue weighted by molar-refractivity contribution is 9.10. The molecule has 0 atom stereocenters. The summed E-state index contributed by atoms with van der Waals surface area (Å²) in [6.07, 6.45) is 5.10. The zero-order valence-corrected chi connectivity index (χ0v) is 17.2. The molecule has 3 aromatic rings. The first kappa shape index (κ1) is 20.1. The molecule has 0 aliphatic carbocycles. The largest absolute Gasteiger partial charge is 0.508 e. The molecule has 0 saturated carbocycles. The van der Waals surface area contributed by atoms with E-state index in [0.717, 1.165) is 42.1 Å². The molecule has 6 heteroatoms. The Labute approximate surface area is 171 Å². The van der Waals surface area contributed by atoms with Gasteiger partial charge in [-0.2, -0.15) is 0 Å². The molecule has 0 radical (unpaired) electrons. The Kier molecular flexibility index (Phi) is 6.52. The van der Waals surface area contributed by atoms with Gasteiger partial charge in [0.05, 0.1) is 0 Å². The van der Waals surface area contributed by atoms with Crippen LogP contribution in [0, 0.1) is 0 Å². The lowest BCUT2D eigenvalue weighted by molar-refractivity contribution is 0.102. The van der Waals surface area contributed by atoms with Crippen molar-refractivity contribution in [3.05, 3.63) is 68.5 Å². The molecule has 28 heavy (non-hydrogen) atoms. The topological polar surface area (TPSA) is 79.5 Å². The predicted octanol–water partition coefficient (Wildman–Crippen LogP) is 5.64. The molecule has 0 bridgehead atoms. The van der Waals surface area contributed by atoms with Gasteiger partial charge in [0.15, 0.2) is 0 Å². The summed E-state index contributed by atoms with van der Waals surface area (Å²) in [5.41, 5.74) is 0.806. The second kappa shape index (κ2) is 9.06. The summed E-state index contributed by atoms with van der Waals surface area (Å²) in [5.74, 6) is -0.426. The number of phenolic OH excluding ortho intramolecular Hbond substituents is 1. The molecule has 5 nitrogen and oxygen atoms in total. The maximum absolute atomic E-state index is 12.5. The van der Waals surface area contributed by atoms with Crippen molar-refractivity contribution in [3.63, 3.8) is 0 Å². The van der Waals surface area contributed by atoms with E-state index in [9.17, 15) is 14.7 Å². The van der Waals surface area contributed by atoms with Crippen LogP contribution in [0.3, 0.4) is 0 Å². The Bertz CT molecular complexity index is 1060. The first-order valence-electron chi connectivity index (χ1n) is 9.34. The average Bonchev–Trinajstić information content (AvgIpc) is 2.65. The van der Waals surface area contributed by atoms with Gasteiger partial charge < -0.3 is 14.8 Å². The number of halogens is 1. The Hall–Kier alpha value is -2.60. The Morgan fingerprint density at radius 2 is 1.96 bits per heavy atom. The lowest BCUT2D eigenvalue weighted by Gasteiger charge is -2.08. The van der Waals surface area contributed by atoms with E-state index in [-0.39, 0.29) is 16.9 Å². The second-order valence-electron chi connectivity index (χ2n) is 6.74. The smallest absolute Gasteiger partial charge is 0.349 e. The van der Waals surface area contributed by atoms with Crippen LogP contribution in [0.25, 0.3) is 11.0 Å². The van der Waals surface area contributed by atoms with Gasteiger partial charge in [-0.1, -0.05) is 48.2 Å². The number of carbonyl (C=O) groups is 1. The van der Waals surface area contributed by atoms with Crippen molar-refractivity contribution in [2.45, 2.75) is 39.0 Å². The van der Waals surface area contributed by atoms with E-state index in [0.29, 0.717) is 11.1 Å². The zero-order valence-electron chi connectivity index (χ0n) is 15.6. The van der Waals surface area contributed by atoms with Crippen molar-refractivity contribution in [2.75, 3.05) is 5.32 Å². The molecule has 1 aromatic heterocycles. The molecular formula is C22H22BrNO4. The number of aryl methyl sites for hydroxylation is 1. The first-order valence-corrected chi connectivity index (χ1v) is 10.1. The summed E-state index contributed by atoms with van der Waals surface area (Å²) >= 11 is 3.35. The molecule has 0 spiro atoms. The fraction of sp³-hybridized carbons (Fsp3) is 0.273. The van der Waals surface area contributed by atoms with E-state index in [1.807, 2.05) is 6.07 Å². The molecule has 0 aliphatic heterocycles. The number of rotatable bonds is 7. The van der Waals surface area contributed by atoms with Gasteiger partial charge in [-0.25, -0.2) is 4.79 Å². The van der Waals surface area contributed by atoms with Crippen LogP contribution in [0.15, 0.2) is 56.1 Å². The van der Waals surface area contributed by atoms with Crippen LogP contribution in [0.2, 0.25) is 0 Å². The van der Waals surface area contributed by atoms with E-state index in [4.69, 9.17) is 4.42 Å². The minimum atomic E-state index is -0.741. The van der Waals surface area contributed by atoms with Crippen LogP contribution in [0.4, 0.5) is 5.69 Å². The average molecular weight is 444 g/mol. The fourth-order valence-electron chi connectivity index (χ4n) is 3.07. The minimum absolute atomic E-state index is 0.0740. The van der Waals surface area contributed by atoms with Crippen LogP contribution in [-0.4, -0.2) is 11.0 Å². The van der Waals surface area contributed by atoms with Crippen LogP contribution in [-0.2, 0) is 6.42 Å². The molecule has 1 heterocycles. The third-order valence-electron chi connectivity index (χ3n) is 4.56. The number of nitrogens with one attached hydrogen (secondary N) is 1. The number of carbonyl (C=O) groups excluding carboxylic acids is 1. The molecule has 0 fully saturated rings. The zero-order chi connectivity index (χ0) is 20.1. The quantitative estimate of drug-likeness (QED) is 0.365. The summed E-state index contributed by atoms with van der Waals surface area (Å²) in [6, 6.07) is 11.9. The number of fused-ring (bicyclic) bond motifs is 1. The van der Waals surface area contributed by atoms with Crippen LogP contribution in [0.1, 0.15) is 48.5 Å². The fourth-order valence-corrected chi connectivity index (χ4v) is 3.47. The highest BCUT2D eigenvalue weighted by Gasteiger charge is 2.15. The van der Waals surface area contributed by atoms with E-state index >= 15 is 0 Å². The monoisotopic (exact) mass is 443 g/mol. The molecule has 2 N–H and O–H groups in total. The maximum atomic E-state index is 12.5. The molecule has 1 amide bonds. The Morgan fingerprint density at radius 3 is 2.71 bits per heavy atom. The van der Waals surface area contributed by atoms with Crippen molar-refractivity contribution in [3.8, 4) is 5.75 Å². The summed E-state index contributed by atoms with van der Waals surface area (Å²) in [6.45, 7) is 2.15. The predicted molar refractivity (Wildman–Crippen MR) is 114 cm³/mol. The Balaban J connectivity index is 1.88. The Morgan fingerprint density at radius 1 is 1.14 bits per heavy atom. The van der Waals surface area contributed by atoms with E-state index in [1.54, 1.807) is 24.3 Å². The van der Waals surface area contributed by atoms with Gasteiger partial charge in [-0.15, -0.1) is 0 Å². The van der Waals surface area contributed by atoms with Crippen molar-refractivity contribution in [1.29, 1.82) is 0 Å². The van der Waals surface area contributed by atoms with Gasteiger partial charge >= 0.3 is 5.63 Å². The van der Waals surface area contributed by atoms with Gasteiger partial charge in [0, 0.05) is 21.6 Å². The van der Waals surface area contributed by atoms with Crippen LogP contribution in [0.5, 0.6) is 5.75 Å². The molecule has 0 unspecified atom stereocenters. The van der Waals surface area contributed by atoms with Crippen molar-refractivity contribution in [1.82, 2.24) is 0 Å². The lowest BCUT2D eigenvalue weighted by Crippen LogP contribution is -2.20. The minimum Gasteiger partial charge on any atom is -0.508 e. The number of anilines is 1. The van der Waals surface area contributed by atoms with E-state index in [1.165, 1.54) is 12.1 Å². The highest BCUT2D eigenvalue weighted by atomic mass is 79.9. The van der Waals surface area contributed by atoms with Gasteiger partial charge in [0.25, 0.3) is 5.91 Å². The molecule has 3 rings (SSSR count). The number of unbranched alkanes of at least 4 members (excludes halogenated alkanes) is 3. The number of benzene rings is 2. The SMILES string of the molecule is CCCCCCc1cc2cc(C(=O)Nc3cccc(Br)c3)c(=O)oc2cc1O. The summed E-state index contributed by atoms with van der Waals surface area (Å²) in [5, 5.41) is 13.5. The second-order valence-corrected chi connectivity index (χ2v) is 7.66. The van der Waals surface area contributed by atoms with Gasteiger partial charge in [-0.05, 0) is 48.7 Å². The van der Waals surface area contributed by atoms with Gasteiger partial charge in [0.2, 0.25) is 0 Å². The molecule has 0 aliphatic rings. The lowest BCUT2D eigenvalue weighted by atomic mass is 10.0. The summed E-state index contributed by atoms with van der Waals surface area (Å²) in [4.78, 5) is 24.8. The van der Waals surface area contributed by atoms with Crippen molar-refractivity contribution < 1.29 is 14.3 Å². The summed E-state index contributed by atoms with van der Waals surface area (Å²) in [7, 11) is 0. The van der Waals surface area contributed by atoms with Crippen LogP contribution < -0.4 is 10.9 Å². The number of aromatic hydroxyl groups is 1. The summed E-state index contributed by atoms with van der Waals surface area (Å²) < 4.78 is 6.09. The highest BCUT2D eigenvalue weighted by Crippen LogP contribution is 2.27. The maximum Gasteiger partial charge on any atom is 0.349 e. The third kappa shape index (κ3) is 4.81. The number of phenols is 1. The van der Waals surface area contributed by atoms with Crippen molar-refractivity contribution in [2.24, 2.45) is 0 Å². The molecular weight excluding hydrogens is 422 g/mol. The van der Waals surface area contributed by atoms with E-state index < -0.39 is 11.5 Å². The first-order chi connectivity index (χ1) is 13.5. The molecule has 2 aromatic carbocycles. The van der Waals surface area contributed by atoms with Gasteiger partial charge in [0.1, 0.15) is 16.9 Å². The number of amides is 1. The third-order valence-corrected chi connectivity index (χ3v) is 5.05. The number of hydrogen-bond donors (Lipinski definition) is 2. The number of hydrogen-bond acceptors (Lipinski definition) is 4. The van der Waals surface area contributed by atoms with E-state index in [2.05, 4.69) is 28.2 Å². The van der Waals surface area contributed by atoms with Crippen LogP contribution >= 0.6 is 15.9 Å².